The van der Waals surface area contributed by atoms with Gasteiger partial charge in [0.15, 0.2) is 30.9 Å². The van der Waals surface area contributed by atoms with Gasteiger partial charge in [0, 0.05) is 140 Å². The van der Waals surface area contributed by atoms with Gasteiger partial charge >= 0.3 is 0 Å². The van der Waals surface area contributed by atoms with E-state index in [1.807, 2.05) is 13.8 Å². The lowest BCUT2D eigenvalue weighted by molar-refractivity contribution is -0.284. The molecule has 121 heavy (non-hydrogen) atoms. The molecule has 5 aliphatic rings. The van der Waals surface area contributed by atoms with Crippen LogP contribution in [0.15, 0.2) is 0 Å². The number of aliphatic hydroxyl groups is 13. The van der Waals surface area contributed by atoms with E-state index >= 15 is 0 Å². The zero-order valence-electron chi connectivity index (χ0n) is 70.4. The molecule has 5 rings (SSSR count). The maximum Gasteiger partial charge on any atom is 0.242 e. The highest BCUT2D eigenvalue weighted by Gasteiger charge is 2.54. The van der Waals surface area contributed by atoms with Crippen LogP contribution in [0.4, 0.5) is 0 Å². The van der Waals surface area contributed by atoms with Gasteiger partial charge in [-0.1, -0.05) is 27.7 Å². The fourth-order valence-electron chi connectivity index (χ4n) is 14.6. The van der Waals surface area contributed by atoms with Crippen molar-refractivity contribution in [3.8, 4) is 0 Å². The van der Waals surface area contributed by atoms with Crippen LogP contribution in [0.2, 0.25) is 0 Å². The first-order valence-electron chi connectivity index (χ1n) is 41.5. The molecule has 43 heteroatoms. The van der Waals surface area contributed by atoms with Gasteiger partial charge in [0.25, 0.3) is 0 Å². The number of aliphatic hydroxyl groups excluding tert-OH is 13. The molecule has 0 saturated carbocycles. The Morgan fingerprint density at radius 2 is 0.851 bits per heavy atom. The molecule has 0 bridgehead atoms. The van der Waals surface area contributed by atoms with Crippen LogP contribution < -0.4 is 31.9 Å². The number of ether oxygens (including phenoxy) is 13. The first-order chi connectivity index (χ1) is 57.6. The van der Waals surface area contributed by atoms with E-state index < -0.39 is 237 Å². The van der Waals surface area contributed by atoms with Gasteiger partial charge in [0.2, 0.25) is 41.4 Å². The summed E-state index contributed by atoms with van der Waals surface area (Å²) in [4.78, 5) is 138. The van der Waals surface area contributed by atoms with Gasteiger partial charge in [0.05, 0.1) is 124 Å². The van der Waals surface area contributed by atoms with Gasteiger partial charge in [-0.3, -0.25) is 47.9 Å². The first-order valence-corrected chi connectivity index (χ1v) is 41.5. The summed E-state index contributed by atoms with van der Waals surface area (Å²) in [5, 5.41) is 148. The quantitative estimate of drug-likeness (QED) is 0.0252. The normalized spacial score (nSPS) is 30.7. The van der Waals surface area contributed by atoms with Gasteiger partial charge in [0.1, 0.15) is 90.7 Å². The minimum atomic E-state index is -1.57. The Labute approximate surface area is 703 Å². The van der Waals surface area contributed by atoms with Crippen LogP contribution in [-0.2, 0) is 110 Å². The molecule has 25 atom stereocenters. The molecule has 0 aromatic carbocycles. The summed E-state index contributed by atoms with van der Waals surface area (Å²) in [6.07, 6.45) is -23.4. The number of Topliss-reactive ketones (excluding diaryl/α,β-unsaturated/α-hetero) is 3. The SMILES string of the molecule is COC[C@@]1(C)CN(C(=O)CCCC(=O)C[C@H](CCC(=O)N[C@H](CCC(=O)NCCOCCOC2O[C@H](CO)[C@H](O)[C@H](O)[C@H]2NC(C)=O)C(=O)CCCOCCOC2O[C@H](CO)[C@H](O)[C@H](O)[C@H]2NC(C)=O)C(=O)N[C@H](CCC(=O)CCCOCCOC2O[C@H](CO)[C@H](O)[C@H](O)[C@H]2C)C(=O)NCCOCCOC2O[C@H](CO)[C@H](O)[C@H](O)[C@H]2C)C[C@@]1(C)CO. The maximum absolute atomic E-state index is 14.8. The Balaban J connectivity index is 1.30. The van der Waals surface area contributed by atoms with Gasteiger partial charge < -0.3 is 165 Å². The summed E-state index contributed by atoms with van der Waals surface area (Å²) in [6, 6.07) is -5.22. The van der Waals surface area contributed by atoms with E-state index in [0.717, 1.165) is 0 Å². The Hall–Kier alpha value is -5.74. The van der Waals surface area contributed by atoms with E-state index in [4.69, 9.17) is 61.6 Å². The number of methoxy groups -OCH3 is 1. The highest BCUT2D eigenvalue weighted by molar-refractivity contribution is 5.93. The predicted molar refractivity (Wildman–Crippen MR) is 416 cm³/mol. The average molecular weight is 1750 g/mol. The average Bonchev–Trinajstić information content (AvgIpc) is 1.62. The van der Waals surface area contributed by atoms with Crippen molar-refractivity contribution in [1.82, 2.24) is 36.8 Å². The van der Waals surface area contributed by atoms with Gasteiger partial charge in [-0.05, 0) is 38.5 Å². The third-order valence-corrected chi connectivity index (χ3v) is 22.3. The van der Waals surface area contributed by atoms with Gasteiger partial charge in [-0.25, -0.2) is 0 Å². The molecule has 5 fully saturated rings. The van der Waals surface area contributed by atoms with E-state index in [1.54, 1.807) is 18.7 Å². The number of hydrogen-bond acceptors (Lipinski definition) is 36. The fraction of sp³-hybridized carbons (Fsp3) is 0.872. The van der Waals surface area contributed by atoms with E-state index in [1.165, 1.54) is 21.0 Å². The summed E-state index contributed by atoms with van der Waals surface area (Å²) in [6.45, 7) is 6.27. The standard InChI is InChI=1S/C78H135N7O36/c1-44-63(99)65(101)54(36-86)118-73(44)114-31-27-110-23-9-12-49(93)16-17-52(72(108)80-22-26-113-29-32-115-74-45(2)64(100)66(102)55(37-87)119-74)84-71(107)48(35-50(94)11-8-14-60(98)85-40-77(5,42-90)78(6,41-85)43-109-7)15-19-59(97)83-51(53(95)13-10-24-111-28-33-116-75-61(81-46(3)91)69(105)67(103)56(38-88)120-75)18-20-58(96)79-21-25-112-30-34-117-76-62(82-47(4)92)70(106)68(104)57(39-89)121-76/h44-45,48,51-52,54-57,61-70,73-76,86-90,99-106H,8-43H2,1-7H3,(H,79,96)(H,80,108)(H,81,91)(H,82,92)(H,83,97)(H,84,107)/t44-,45-,48+,51-,52-,54-,55-,56-,57-,61-,62-,63-,64-,65+,66+,67+,68+,69-,70-,73?,74?,75?,76?,77+,78-/m1/s1. The topological polar surface area (TPSA) is 629 Å². The number of carbonyl (C=O) groups is 10. The monoisotopic (exact) mass is 1750 g/mol. The highest BCUT2D eigenvalue weighted by Crippen LogP contribution is 2.46. The molecule has 7 amide bonds. The van der Waals surface area contributed by atoms with Crippen molar-refractivity contribution in [2.24, 2.45) is 28.6 Å². The van der Waals surface area contributed by atoms with E-state index in [2.05, 4.69) is 31.9 Å². The molecule has 0 radical (unpaired) electrons. The molecular weight excluding hydrogens is 1610 g/mol. The Morgan fingerprint density at radius 3 is 1.32 bits per heavy atom. The van der Waals surface area contributed by atoms with Crippen molar-refractivity contribution in [1.29, 1.82) is 0 Å². The minimum absolute atomic E-state index is 0.00767. The zero-order chi connectivity index (χ0) is 89.5. The fourth-order valence-corrected chi connectivity index (χ4v) is 14.6. The van der Waals surface area contributed by atoms with Crippen molar-refractivity contribution >= 4 is 58.7 Å². The van der Waals surface area contributed by atoms with E-state index in [9.17, 15) is 114 Å². The molecule has 19 N–H and O–H groups in total. The Kier molecular flexibility index (Phi) is 48.1. The molecule has 4 unspecified atom stereocenters. The number of ketones is 3. The third kappa shape index (κ3) is 34.2. The molecule has 0 spiro atoms. The number of nitrogens with zero attached hydrogens (tertiary/aromatic N) is 1. The van der Waals surface area contributed by atoms with Crippen LogP contribution >= 0.6 is 0 Å². The summed E-state index contributed by atoms with van der Waals surface area (Å²) in [5.74, 6) is -8.58. The number of nitrogens with one attached hydrogen (secondary N) is 6. The van der Waals surface area contributed by atoms with Crippen molar-refractivity contribution in [2.75, 3.05) is 152 Å². The lowest BCUT2D eigenvalue weighted by Gasteiger charge is -2.42. The summed E-state index contributed by atoms with van der Waals surface area (Å²) in [7, 11) is 1.52. The lowest BCUT2D eigenvalue weighted by Crippen LogP contribution is -2.64. The summed E-state index contributed by atoms with van der Waals surface area (Å²) < 4.78 is 73.2. The van der Waals surface area contributed by atoms with Crippen LogP contribution in [0.25, 0.3) is 0 Å². The third-order valence-electron chi connectivity index (χ3n) is 22.3. The molecule has 5 aliphatic heterocycles. The van der Waals surface area contributed by atoms with Crippen LogP contribution in [0.1, 0.15) is 131 Å². The molecule has 5 heterocycles. The highest BCUT2D eigenvalue weighted by atomic mass is 16.7. The van der Waals surface area contributed by atoms with Gasteiger partial charge in [-0.2, -0.15) is 0 Å². The minimum Gasteiger partial charge on any atom is -0.396 e. The van der Waals surface area contributed by atoms with Crippen molar-refractivity contribution < 1.29 is 176 Å². The second-order valence-electron chi connectivity index (χ2n) is 31.8. The number of likely N-dealkylation sites (tertiary alicyclic amines) is 1. The van der Waals surface area contributed by atoms with Crippen molar-refractivity contribution in [2.45, 2.75) is 254 Å². The van der Waals surface area contributed by atoms with Crippen molar-refractivity contribution in [3.63, 3.8) is 0 Å². The van der Waals surface area contributed by atoms with Crippen LogP contribution in [-0.4, -0.2) is 405 Å². The Bertz CT molecular complexity index is 3140. The van der Waals surface area contributed by atoms with E-state index in [0.29, 0.717) is 0 Å². The molecule has 0 aromatic heterocycles. The predicted octanol–water partition coefficient (Wildman–Crippen LogP) is -7.36. The number of amides is 7. The first kappa shape index (κ1) is 106. The summed E-state index contributed by atoms with van der Waals surface area (Å²) in [5.41, 5.74) is -1.31. The van der Waals surface area contributed by atoms with Crippen LogP contribution in [0.3, 0.4) is 0 Å². The molecule has 698 valence electrons. The smallest absolute Gasteiger partial charge is 0.242 e. The molecule has 43 nitrogen and oxygen atoms in total. The lowest BCUT2D eigenvalue weighted by atomic mass is 9.69. The van der Waals surface area contributed by atoms with Crippen LogP contribution in [0.5, 0.6) is 0 Å². The Morgan fingerprint density at radius 1 is 0.430 bits per heavy atom. The maximum atomic E-state index is 14.8. The largest absolute Gasteiger partial charge is 0.396 e. The van der Waals surface area contributed by atoms with E-state index in [-0.39, 0.29) is 207 Å². The molecular formula is C78H135N7O36. The number of rotatable bonds is 59. The number of hydrogen-bond donors (Lipinski definition) is 19. The van der Waals surface area contributed by atoms with Crippen LogP contribution in [0, 0.1) is 28.6 Å². The van der Waals surface area contributed by atoms with Gasteiger partial charge in [-0.15, -0.1) is 0 Å². The molecule has 5 saturated heterocycles. The summed E-state index contributed by atoms with van der Waals surface area (Å²) >= 11 is 0. The second kappa shape index (κ2) is 55.0. The molecule has 0 aliphatic carbocycles. The number of carbonyl (C=O) groups excluding carboxylic acids is 10. The molecule has 0 aromatic rings. The van der Waals surface area contributed by atoms with Crippen molar-refractivity contribution in [3.05, 3.63) is 0 Å². The second-order valence-corrected chi connectivity index (χ2v) is 31.8. The zero-order valence-corrected chi connectivity index (χ0v) is 70.4.